The van der Waals surface area contributed by atoms with Crippen LogP contribution in [0, 0.1) is 5.92 Å². The maximum atomic E-state index is 6.07. The molecule has 1 aliphatic carbocycles. The Labute approximate surface area is 164 Å². The van der Waals surface area contributed by atoms with E-state index in [1.807, 2.05) is 24.1 Å². The van der Waals surface area contributed by atoms with Crippen LogP contribution in [0.1, 0.15) is 55.1 Å². The zero-order chi connectivity index (χ0) is 18.1. The number of rotatable bonds is 6. The van der Waals surface area contributed by atoms with Gasteiger partial charge in [0.05, 0.1) is 37.0 Å². The van der Waals surface area contributed by atoms with Gasteiger partial charge in [0.1, 0.15) is 5.01 Å². The largest absolute Gasteiger partial charge is 0.371 e. The molecule has 1 saturated carbocycles. The van der Waals surface area contributed by atoms with Crippen LogP contribution in [-0.4, -0.2) is 20.6 Å². The molecule has 0 amide bonds. The number of thiazole rings is 1. The third-order valence-corrected chi connectivity index (χ3v) is 6.92. The van der Waals surface area contributed by atoms with E-state index in [0.29, 0.717) is 18.8 Å². The lowest BCUT2D eigenvalue weighted by Gasteiger charge is -2.29. The first-order chi connectivity index (χ1) is 13.4. The Morgan fingerprint density at radius 2 is 2.00 bits per heavy atom. The fourth-order valence-corrected chi connectivity index (χ4v) is 5.26. The smallest absolute Gasteiger partial charge is 0.118 e. The van der Waals surface area contributed by atoms with Gasteiger partial charge in [0.15, 0.2) is 0 Å². The monoisotopic (exact) mass is 379 g/mol. The maximum absolute atomic E-state index is 6.07. The molecule has 1 aromatic carbocycles. The van der Waals surface area contributed by atoms with Gasteiger partial charge in [-0.2, -0.15) is 0 Å². The second kappa shape index (κ2) is 7.56. The highest BCUT2D eigenvalue weighted by Gasteiger charge is 2.29. The summed E-state index contributed by atoms with van der Waals surface area (Å²) in [6.45, 7) is 0.676. The van der Waals surface area contributed by atoms with Crippen LogP contribution >= 0.6 is 11.3 Å². The third-order valence-electron chi connectivity index (χ3n) is 6.17. The number of hydrogen-bond donors (Lipinski definition) is 0. The molecule has 0 spiro atoms. The van der Waals surface area contributed by atoms with Gasteiger partial charge in [-0.15, -0.1) is 11.3 Å². The van der Waals surface area contributed by atoms with Crippen molar-refractivity contribution >= 4 is 11.3 Å². The Bertz CT molecular complexity index is 881. The summed E-state index contributed by atoms with van der Waals surface area (Å²) >= 11 is 1.68. The van der Waals surface area contributed by atoms with Crippen molar-refractivity contribution < 1.29 is 4.74 Å². The summed E-state index contributed by atoms with van der Waals surface area (Å²) < 4.78 is 8.44. The number of hydrogen-bond acceptors (Lipinski definition) is 4. The second-order valence-electron chi connectivity index (χ2n) is 7.75. The minimum absolute atomic E-state index is 0.414. The van der Waals surface area contributed by atoms with Gasteiger partial charge in [-0.1, -0.05) is 24.3 Å². The molecular formula is C22H25N3OS. The fourth-order valence-electron chi connectivity index (χ4n) is 4.72. The van der Waals surface area contributed by atoms with Crippen LogP contribution in [0.15, 0.2) is 48.4 Å². The summed E-state index contributed by atoms with van der Waals surface area (Å²) in [7, 11) is 0. The molecule has 0 radical (unpaired) electrons. The van der Waals surface area contributed by atoms with Gasteiger partial charge < -0.3 is 9.30 Å². The van der Waals surface area contributed by atoms with E-state index in [-0.39, 0.29) is 0 Å². The zero-order valence-electron chi connectivity index (χ0n) is 15.5. The Balaban J connectivity index is 1.14. The van der Waals surface area contributed by atoms with E-state index in [9.17, 15) is 0 Å². The highest BCUT2D eigenvalue weighted by molar-refractivity contribution is 7.09. The van der Waals surface area contributed by atoms with Crippen molar-refractivity contribution in [3.8, 4) is 11.3 Å². The van der Waals surface area contributed by atoms with E-state index in [1.54, 1.807) is 11.3 Å². The molecule has 3 aromatic rings. The quantitative estimate of drug-likeness (QED) is 0.570. The Morgan fingerprint density at radius 1 is 1.11 bits per heavy atom. The van der Waals surface area contributed by atoms with Crippen LogP contribution in [0.2, 0.25) is 0 Å². The van der Waals surface area contributed by atoms with Crippen molar-refractivity contribution in [1.29, 1.82) is 0 Å². The van der Waals surface area contributed by atoms with Crippen LogP contribution in [-0.2, 0) is 11.3 Å². The number of nitrogens with zero attached hydrogens (tertiary/aromatic N) is 3. The predicted octanol–water partition coefficient (Wildman–Crippen LogP) is 5.47. The summed E-state index contributed by atoms with van der Waals surface area (Å²) in [5, 5.41) is 3.11. The van der Waals surface area contributed by atoms with E-state index >= 15 is 0 Å². The molecule has 3 heterocycles. The molecular weight excluding hydrogens is 354 g/mol. The first-order valence-electron chi connectivity index (χ1n) is 9.99. The minimum atomic E-state index is 0.414. The second-order valence-corrected chi connectivity index (χ2v) is 8.73. The molecule has 4 nitrogen and oxygen atoms in total. The summed E-state index contributed by atoms with van der Waals surface area (Å²) in [5.41, 5.74) is 4.10. The van der Waals surface area contributed by atoms with Crippen molar-refractivity contribution in [2.24, 2.45) is 5.92 Å². The molecule has 27 heavy (non-hydrogen) atoms. The summed E-state index contributed by atoms with van der Waals surface area (Å²) in [5.74, 6) is 0.824. The average molecular weight is 380 g/mol. The average Bonchev–Trinajstić information content (AvgIpc) is 3.44. The van der Waals surface area contributed by atoms with E-state index in [1.165, 1.54) is 55.3 Å². The maximum Gasteiger partial charge on any atom is 0.118 e. The van der Waals surface area contributed by atoms with Gasteiger partial charge in [-0.25, -0.2) is 9.97 Å². The molecule has 140 valence electrons. The molecule has 1 unspecified atom stereocenters. The molecule has 1 fully saturated rings. The Kier molecular flexibility index (Phi) is 4.80. The standard InChI is InChI=1S/C22H25N3OS/c1-2-4-19-18(3-1)20(25-15-23-13-21(19)25)10-7-16-5-8-17(9-6-16)26-14-22-24-11-12-27-22/h1-4,11-13,15-17,20H,5-10,14H2. The Morgan fingerprint density at radius 3 is 2.85 bits per heavy atom. The molecule has 5 heteroatoms. The van der Waals surface area contributed by atoms with Crippen LogP contribution in [0.5, 0.6) is 0 Å². The van der Waals surface area contributed by atoms with Gasteiger partial charge >= 0.3 is 0 Å². The molecule has 1 aliphatic heterocycles. The van der Waals surface area contributed by atoms with Crippen molar-refractivity contribution in [3.05, 3.63) is 58.9 Å². The first kappa shape index (κ1) is 17.1. The van der Waals surface area contributed by atoms with Crippen molar-refractivity contribution in [2.75, 3.05) is 0 Å². The molecule has 0 saturated heterocycles. The normalized spacial score (nSPS) is 23.9. The minimum Gasteiger partial charge on any atom is -0.371 e. The number of ether oxygens (including phenoxy) is 1. The summed E-state index contributed by atoms with van der Waals surface area (Å²) in [6.07, 6.45) is 13.7. The van der Waals surface area contributed by atoms with Crippen LogP contribution in [0.4, 0.5) is 0 Å². The van der Waals surface area contributed by atoms with Crippen LogP contribution in [0.25, 0.3) is 11.3 Å². The van der Waals surface area contributed by atoms with E-state index in [2.05, 4.69) is 38.8 Å². The lowest BCUT2D eigenvalue weighted by atomic mass is 9.83. The van der Waals surface area contributed by atoms with Crippen LogP contribution in [0.3, 0.4) is 0 Å². The van der Waals surface area contributed by atoms with E-state index in [0.717, 1.165) is 10.9 Å². The number of fused-ring (bicyclic) bond motifs is 3. The van der Waals surface area contributed by atoms with Gasteiger partial charge in [-0.3, -0.25) is 0 Å². The predicted molar refractivity (Wildman–Crippen MR) is 108 cm³/mol. The molecule has 5 rings (SSSR count). The van der Waals surface area contributed by atoms with Gasteiger partial charge in [0, 0.05) is 17.1 Å². The van der Waals surface area contributed by atoms with Crippen molar-refractivity contribution in [2.45, 2.75) is 57.3 Å². The first-order valence-corrected chi connectivity index (χ1v) is 10.9. The third kappa shape index (κ3) is 3.46. The summed E-state index contributed by atoms with van der Waals surface area (Å²) in [6, 6.07) is 9.27. The fraction of sp³-hybridized carbons (Fsp3) is 0.455. The zero-order valence-corrected chi connectivity index (χ0v) is 16.3. The number of imidazole rings is 1. The van der Waals surface area contributed by atoms with E-state index < -0.39 is 0 Å². The molecule has 1 atom stereocenters. The molecule has 2 aromatic heterocycles. The Hall–Kier alpha value is -1.98. The number of benzene rings is 1. The SMILES string of the molecule is c1ccc2c(c1)-c1cncn1C2CCC1CCC(OCc2nccs2)CC1. The number of aromatic nitrogens is 3. The highest BCUT2D eigenvalue weighted by atomic mass is 32.1. The highest BCUT2D eigenvalue weighted by Crippen LogP contribution is 2.42. The van der Waals surface area contributed by atoms with Gasteiger partial charge in [0.25, 0.3) is 0 Å². The van der Waals surface area contributed by atoms with E-state index in [4.69, 9.17) is 4.74 Å². The summed E-state index contributed by atoms with van der Waals surface area (Å²) in [4.78, 5) is 8.69. The molecule has 0 N–H and O–H groups in total. The van der Waals surface area contributed by atoms with Crippen LogP contribution < -0.4 is 0 Å². The van der Waals surface area contributed by atoms with Gasteiger partial charge in [0.2, 0.25) is 0 Å². The van der Waals surface area contributed by atoms with Crippen molar-refractivity contribution in [1.82, 2.24) is 14.5 Å². The molecule has 0 bridgehead atoms. The lowest BCUT2D eigenvalue weighted by Crippen LogP contribution is -2.22. The van der Waals surface area contributed by atoms with Gasteiger partial charge in [-0.05, 0) is 50.0 Å². The van der Waals surface area contributed by atoms with Crippen molar-refractivity contribution in [3.63, 3.8) is 0 Å². The lowest BCUT2D eigenvalue weighted by molar-refractivity contribution is 0.00592. The topological polar surface area (TPSA) is 39.9 Å². The molecule has 2 aliphatic rings.